The molecular weight excluding hydrogens is 222 g/mol. The van der Waals surface area contributed by atoms with Crippen LogP contribution in [0.5, 0.6) is 0 Å². The van der Waals surface area contributed by atoms with Crippen molar-refractivity contribution in [1.29, 1.82) is 0 Å². The molecule has 1 aliphatic carbocycles. The van der Waals surface area contributed by atoms with Crippen molar-refractivity contribution in [3.63, 3.8) is 0 Å². The summed E-state index contributed by atoms with van der Waals surface area (Å²) in [4.78, 5) is 0. The lowest BCUT2D eigenvalue weighted by Crippen LogP contribution is -2.22. The summed E-state index contributed by atoms with van der Waals surface area (Å²) in [6, 6.07) is 8.72. The fourth-order valence-electron chi connectivity index (χ4n) is 2.62. The molecule has 0 saturated heterocycles. The van der Waals surface area contributed by atoms with Gasteiger partial charge in [0.2, 0.25) is 0 Å². The zero-order valence-corrected chi connectivity index (χ0v) is 10.8. The molecule has 3 rings (SSSR count). The maximum atomic E-state index is 4.44. The summed E-state index contributed by atoms with van der Waals surface area (Å²) >= 11 is 0. The standard InChI is InChI=1S/C15H19N3/c1-2-16-8-12-9-17-18(10-12)11-14-7-13-5-3-4-6-15(13)14/h3-6,9-10,14,16H,2,7-8,11H2,1H3. The molecule has 0 radical (unpaired) electrons. The van der Waals surface area contributed by atoms with Crippen molar-refractivity contribution in [2.24, 2.45) is 0 Å². The summed E-state index contributed by atoms with van der Waals surface area (Å²) in [5, 5.41) is 7.76. The Morgan fingerprint density at radius 3 is 3.11 bits per heavy atom. The Labute approximate surface area is 108 Å². The first-order chi connectivity index (χ1) is 8.86. The predicted molar refractivity (Wildman–Crippen MR) is 72.5 cm³/mol. The van der Waals surface area contributed by atoms with E-state index in [1.807, 2.05) is 6.20 Å². The van der Waals surface area contributed by atoms with E-state index < -0.39 is 0 Å². The zero-order valence-electron chi connectivity index (χ0n) is 10.8. The number of hydrogen-bond acceptors (Lipinski definition) is 2. The second kappa shape index (κ2) is 4.94. The van der Waals surface area contributed by atoms with Crippen LogP contribution in [0, 0.1) is 0 Å². The number of nitrogens with one attached hydrogen (secondary N) is 1. The van der Waals surface area contributed by atoms with Crippen LogP contribution < -0.4 is 5.32 Å². The van der Waals surface area contributed by atoms with Gasteiger partial charge in [0.25, 0.3) is 0 Å². The summed E-state index contributed by atoms with van der Waals surface area (Å²) in [6.45, 7) is 5.04. The van der Waals surface area contributed by atoms with Gasteiger partial charge in [-0.2, -0.15) is 5.10 Å². The third-order valence-electron chi connectivity index (χ3n) is 3.63. The van der Waals surface area contributed by atoms with E-state index in [-0.39, 0.29) is 0 Å². The summed E-state index contributed by atoms with van der Waals surface area (Å²) in [5.41, 5.74) is 4.27. The molecule has 1 unspecified atom stereocenters. The average Bonchev–Trinajstić information content (AvgIpc) is 2.81. The van der Waals surface area contributed by atoms with Crippen LogP contribution in [0.3, 0.4) is 0 Å². The van der Waals surface area contributed by atoms with E-state index in [0.717, 1.165) is 19.6 Å². The molecule has 0 fully saturated rings. The quantitative estimate of drug-likeness (QED) is 0.870. The lowest BCUT2D eigenvalue weighted by molar-refractivity contribution is 0.474. The minimum atomic E-state index is 0.646. The van der Waals surface area contributed by atoms with Crippen molar-refractivity contribution in [2.45, 2.75) is 32.4 Å². The van der Waals surface area contributed by atoms with E-state index in [9.17, 15) is 0 Å². The highest BCUT2D eigenvalue weighted by atomic mass is 15.3. The molecule has 18 heavy (non-hydrogen) atoms. The lowest BCUT2D eigenvalue weighted by Gasteiger charge is -2.29. The molecule has 3 heteroatoms. The molecule has 1 aromatic carbocycles. The van der Waals surface area contributed by atoms with Crippen molar-refractivity contribution >= 4 is 0 Å². The first-order valence-electron chi connectivity index (χ1n) is 6.66. The smallest absolute Gasteiger partial charge is 0.0534 e. The normalized spacial score (nSPS) is 17.3. The van der Waals surface area contributed by atoms with Crippen molar-refractivity contribution in [3.8, 4) is 0 Å². The van der Waals surface area contributed by atoms with Crippen molar-refractivity contribution in [1.82, 2.24) is 15.1 Å². The summed E-state index contributed by atoms with van der Waals surface area (Å²) in [5.74, 6) is 0.646. The van der Waals surface area contributed by atoms with Gasteiger partial charge in [-0.05, 0) is 24.1 Å². The Hall–Kier alpha value is -1.61. The second-order valence-electron chi connectivity index (χ2n) is 4.95. The van der Waals surface area contributed by atoms with Crippen LogP contribution in [-0.4, -0.2) is 16.3 Å². The van der Waals surface area contributed by atoms with Gasteiger partial charge in [-0.1, -0.05) is 31.2 Å². The minimum Gasteiger partial charge on any atom is -0.313 e. The number of fused-ring (bicyclic) bond motifs is 1. The Bertz CT molecular complexity index is 530. The van der Waals surface area contributed by atoms with Gasteiger partial charge in [0.05, 0.1) is 6.20 Å². The van der Waals surface area contributed by atoms with E-state index in [1.54, 1.807) is 0 Å². The van der Waals surface area contributed by atoms with Gasteiger partial charge in [-0.25, -0.2) is 0 Å². The number of nitrogens with zero attached hydrogens (tertiary/aromatic N) is 2. The van der Waals surface area contributed by atoms with Gasteiger partial charge in [0.1, 0.15) is 0 Å². The Balaban J connectivity index is 1.63. The van der Waals surface area contributed by atoms with E-state index in [2.05, 4.69) is 52.5 Å². The largest absolute Gasteiger partial charge is 0.313 e. The monoisotopic (exact) mass is 241 g/mol. The average molecular weight is 241 g/mol. The van der Waals surface area contributed by atoms with Crippen LogP contribution in [-0.2, 0) is 19.5 Å². The second-order valence-corrected chi connectivity index (χ2v) is 4.95. The van der Waals surface area contributed by atoms with Gasteiger partial charge in [-0.15, -0.1) is 0 Å². The third kappa shape index (κ3) is 2.18. The Morgan fingerprint density at radius 2 is 2.28 bits per heavy atom. The highest BCUT2D eigenvalue weighted by Gasteiger charge is 2.25. The van der Waals surface area contributed by atoms with Crippen LogP contribution in [0.25, 0.3) is 0 Å². The number of benzene rings is 1. The summed E-state index contributed by atoms with van der Waals surface area (Å²) in [7, 11) is 0. The topological polar surface area (TPSA) is 29.9 Å². The lowest BCUT2D eigenvalue weighted by atomic mass is 9.78. The molecule has 0 bridgehead atoms. The van der Waals surface area contributed by atoms with E-state index >= 15 is 0 Å². The molecule has 1 N–H and O–H groups in total. The molecule has 0 saturated carbocycles. The molecule has 1 aliphatic rings. The first-order valence-corrected chi connectivity index (χ1v) is 6.66. The van der Waals surface area contributed by atoms with Gasteiger partial charge >= 0.3 is 0 Å². The fourth-order valence-corrected chi connectivity index (χ4v) is 2.62. The van der Waals surface area contributed by atoms with Crippen molar-refractivity contribution in [3.05, 3.63) is 53.3 Å². The zero-order chi connectivity index (χ0) is 12.4. The van der Waals surface area contributed by atoms with E-state index in [0.29, 0.717) is 5.92 Å². The Morgan fingerprint density at radius 1 is 1.39 bits per heavy atom. The van der Waals surface area contributed by atoms with Crippen LogP contribution in [0.2, 0.25) is 0 Å². The predicted octanol–water partition coefficient (Wildman–Crippen LogP) is 2.33. The molecule has 0 aliphatic heterocycles. The highest BCUT2D eigenvalue weighted by Crippen LogP contribution is 2.35. The number of rotatable bonds is 5. The minimum absolute atomic E-state index is 0.646. The van der Waals surface area contributed by atoms with E-state index in [4.69, 9.17) is 0 Å². The van der Waals surface area contributed by atoms with Gasteiger partial charge in [0, 0.05) is 30.8 Å². The molecule has 1 heterocycles. The van der Waals surface area contributed by atoms with Gasteiger partial charge < -0.3 is 5.32 Å². The molecule has 2 aromatic rings. The van der Waals surface area contributed by atoms with Gasteiger partial charge in [0.15, 0.2) is 0 Å². The maximum Gasteiger partial charge on any atom is 0.0534 e. The maximum absolute atomic E-state index is 4.44. The van der Waals surface area contributed by atoms with Crippen LogP contribution in [0.15, 0.2) is 36.7 Å². The number of hydrogen-bond donors (Lipinski definition) is 1. The van der Waals surface area contributed by atoms with Crippen molar-refractivity contribution < 1.29 is 0 Å². The fraction of sp³-hybridized carbons (Fsp3) is 0.400. The summed E-state index contributed by atoms with van der Waals surface area (Å²) in [6.07, 6.45) is 5.31. The van der Waals surface area contributed by atoms with Crippen molar-refractivity contribution in [2.75, 3.05) is 6.54 Å². The van der Waals surface area contributed by atoms with Crippen LogP contribution >= 0.6 is 0 Å². The van der Waals surface area contributed by atoms with Crippen LogP contribution in [0.1, 0.15) is 29.5 Å². The third-order valence-corrected chi connectivity index (χ3v) is 3.63. The molecule has 0 amide bonds. The SMILES string of the molecule is CCNCc1cnn(CC2Cc3ccccc32)c1. The first kappa shape index (κ1) is 11.5. The summed E-state index contributed by atoms with van der Waals surface area (Å²) < 4.78 is 2.08. The molecule has 1 atom stereocenters. The number of aromatic nitrogens is 2. The Kier molecular flexibility index (Phi) is 3.15. The highest BCUT2D eigenvalue weighted by molar-refractivity contribution is 5.39. The van der Waals surface area contributed by atoms with Crippen LogP contribution in [0.4, 0.5) is 0 Å². The molecule has 3 nitrogen and oxygen atoms in total. The molecule has 94 valence electrons. The molecule has 0 spiro atoms. The molecular formula is C15H19N3. The van der Waals surface area contributed by atoms with E-state index in [1.165, 1.54) is 23.1 Å². The molecule has 1 aromatic heterocycles. The van der Waals surface area contributed by atoms with Gasteiger partial charge in [-0.3, -0.25) is 4.68 Å².